The standard InChI is InChI=1S/C17H22ClN3O3/c18-14-10-12(20-16(22)6-4-13-2-1-9-24-13)3-5-15(14)21-8-7-19-17(23)11-21/h3,5,10,13H,1-2,4,6-9,11H2,(H,19,23)(H,20,22). The molecule has 130 valence electrons. The summed E-state index contributed by atoms with van der Waals surface area (Å²) in [5.41, 5.74) is 1.48. The Morgan fingerprint density at radius 2 is 2.33 bits per heavy atom. The second-order valence-electron chi connectivity index (χ2n) is 6.16. The number of ether oxygens (including phenoxy) is 1. The molecule has 3 rings (SSSR count). The van der Waals surface area contributed by atoms with Crippen LogP contribution in [0.25, 0.3) is 0 Å². The topological polar surface area (TPSA) is 70.7 Å². The molecule has 24 heavy (non-hydrogen) atoms. The Labute approximate surface area is 146 Å². The van der Waals surface area contributed by atoms with E-state index >= 15 is 0 Å². The number of nitrogens with one attached hydrogen (secondary N) is 2. The highest BCUT2D eigenvalue weighted by Gasteiger charge is 2.19. The van der Waals surface area contributed by atoms with Gasteiger partial charge in [-0.3, -0.25) is 9.59 Å². The number of piperazine rings is 1. The molecule has 1 aromatic carbocycles. The van der Waals surface area contributed by atoms with Crippen molar-refractivity contribution in [2.24, 2.45) is 0 Å². The zero-order valence-electron chi connectivity index (χ0n) is 13.5. The number of halogens is 1. The van der Waals surface area contributed by atoms with Crippen LogP contribution in [-0.4, -0.2) is 44.2 Å². The van der Waals surface area contributed by atoms with E-state index in [0.717, 1.165) is 38.1 Å². The summed E-state index contributed by atoms with van der Waals surface area (Å²) in [4.78, 5) is 25.5. The molecule has 0 aromatic heterocycles. The summed E-state index contributed by atoms with van der Waals surface area (Å²) in [5.74, 6) is -0.0458. The Morgan fingerprint density at radius 3 is 3.04 bits per heavy atom. The molecule has 2 fully saturated rings. The summed E-state index contributed by atoms with van der Waals surface area (Å²) in [6, 6.07) is 5.39. The highest BCUT2D eigenvalue weighted by molar-refractivity contribution is 6.33. The lowest BCUT2D eigenvalue weighted by Crippen LogP contribution is -2.47. The molecule has 6 nitrogen and oxygen atoms in total. The molecular weight excluding hydrogens is 330 g/mol. The monoisotopic (exact) mass is 351 g/mol. The number of nitrogens with zero attached hydrogens (tertiary/aromatic N) is 1. The van der Waals surface area contributed by atoms with Crippen molar-refractivity contribution in [2.75, 3.05) is 36.5 Å². The van der Waals surface area contributed by atoms with Crippen molar-refractivity contribution in [3.05, 3.63) is 23.2 Å². The SMILES string of the molecule is O=C1CN(c2ccc(NC(=O)CCC3CCCO3)cc2Cl)CCN1. The summed E-state index contributed by atoms with van der Waals surface area (Å²) in [7, 11) is 0. The van der Waals surface area contributed by atoms with Crippen LogP contribution in [0.4, 0.5) is 11.4 Å². The summed E-state index contributed by atoms with van der Waals surface area (Å²) in [6.45, 7) is 2.43. The molecule has 2 amide bonds. The Hall–Kier alpha value is -1.79. The molecule has 1 atom stereocenters. The molecule has 0 saturated carbocycles. The van der Waals surface area contributed by atoms with Crippen LogP contribution in [0.1, 0.15) is 25.7 Å². The molecule has 7 heteroatoms. The van der Waals surface area contributed by atoms with Crippen molar-refractivity contribution in [2.45, 2.75) is 31.8 Å². The molecular formula is C17H22ClN3O3. The lowest BCUT2D eigenvalue weighted by atomic mass is 10.1. The van der Waals surface area contributed by atoms with Crippen LogP contribution in [0.3, 0.4) is 0 Å². The minimum atomic E-state index is -0.0355. The third-order valence-corrected chi connectivity index (χ3v) is 4.63. The fourth-order valence-corrected chi connectivity index (χ4v) is 3.37. The van der Waals surface area contributed by atoms with Crippen molar-refractivity contribution < 1.29 is 14.3 Å². The second kappa shape index (κ2) is 7.85. The Morgan fingerprint density at radius 1 is 1.46 bits per heavy atom. The molecule has 1 unspecified atom stereocenters. The van der Waals surface area contributed by atoms with Crippen molar-refractivity contribution in [1.82, 2.24) is 5.32 Å². The zero-order chi connectivity index (χ0) is 16.9. The first-order chi connectivity index (χ1) is 11.6. The molecule has 2 heterocycles. The summed E-state index contributed by atoms with van der Waals surface area (Å²) in [6.07, 6.45) is 3.53. The number of anilines is 2. The number of carbonyl (C=O) groups is 2. The quantitative estimate of drug-likeness (QED) is 0.853. The average molecular weight is 352 g/mol. The minimum Gasteiger partial charge on any atom is -0.378 e. The lowest BCUT2D eigenvalue weighted by molar-refractivity contribution is -0.120. The first-order valence-electron chi connectivity index (χ1n) is 8.34. The fourth-order valence-electron chi connectivity index (χ4n) is 3.07. The van der Waals surface area contributed by atoms with E-state index in [4.69, 9.17) is 16.3 Å². The number of hydrogen-bond donors (Lipinski definition) is 2. The van der Waals surface area contributed by atoms with Crippen LogP contribution in [0.2, 0.25) is 5.02 Å². The van der Waals surface area contributed by atoms with Gasteiger partial charge < -0.3 is 20.3 Å². The molecule has 2 aliphatic heterocycles. The third-order valence-electron chi connectivity index (χ3n) is 4.33. The number of rotatable bonds is 5. The van der Waals surface area contributed by atoms with Crippen molar-refractivity contribution >= 4 is 34.8 Å². The van der Waals surface area contributed by atoms with E-state index in [1.807, 2.05) is 17.0 Å². The summed E-state index contributed by atoms with van der Waals surface area (Å²) < 4.78 is 5.52. The van der Waals surface area contributed by atoms with Gasteiger partial charge in [-0.2, -0.15) is 0 Å². The van der Waals surface area contributed by atoms with E-state index in [1.165, 1.54) is 0 Å². The second-order valence-corrected chi connectivity index (χ2v) is 6.57. The summed E-state index contributed by atoms with van der Waals surface area (Å²) >= 11 is 6.33. The van der Waals surface area contributed by atoms with Crippen LogP contribution < -0.4 is 15.5 Å². The molecule has 2 saturated heterocycles. The maximum absolute atomic E-state index is 12.0. The first kappa shape index (κ1) is 17.0. The third kappa shape index (κ3) is 4.39. The van der Waals surface area contributed by atoms with Gasteiger partial charge in [-0.15, -0.1) is 0 Å². The van der Waals surface area contributed by atoms with Crippen LogP contribution in [0.5, 0.6) is 0 Å². The maximum Gasteiger partial charge on any atom is 0.239 e. The van der Waals surface area contributed by atoms with Crippen LogP contribution in [0, 0.1) is 0 Å². The van der Waals surface area contributed by atoms with Gasteiger partial charge in [0.15, 0.2) is 0 Å². The van der Waals surface area contributed by atoms with Crippen LogP contribution in [0.15, 0.2) is 18.2 Å². The van der Waals surface area contributed by atoms with Crippen molar-refractivity contribution in [1.29, 1.82) is 0 Å². The van der Waals surface area contributed by atoms with E-state index in [2.05, 4.69) is 10.6 Å². The van der Waals surface area contributed by atoms with Crippen molar-refractivity contribution in [3.8, 4) is 0 Å². The predicted octanol–water partition coefficient (Wildman–Crippen LogP) is 2.17. The molecule has 0 spiro atoms. The first-order valence-corrected chi connectivity index (χ1v) is 8.72. The van der Waals surface area contributed by atoms with Gasteiger partial charge in [-0.1, -0.05) is 11.6 Å². The summed E-state index contributed by atoms with van der Waals surface area (Å²) in [5, 5.41) is 6.18. The fraction of sp³-hybridized carbons (Fsp3) is 0.529. The van der Waals surface area contributed by atoms with Gasteiger partial charge in [0.25, 0.3) is 0 Å². The number of amides is 2. The minimum absolute atomic E-state index is 0.0103. The van der Waals surface area contributed by atoms with E-state index in [0.29, 0.717) is 30.2 Å². The van der Waals surface area contributed by atoms with E-state index in [9.17, 15) is 9.59 Å². The van der Waals surface area contributed by atoms with Gasteiger partial charge in [-0.25, -0.2) is 0 Å². The van der Waals surface area contributed by atoms with Crippen LogP contribution >= 0.6 is 11.6 Å². The van der Waals surface area contributed by atoms with E-state index in [-0.39, 0.29) is 17.9 Å². The highest BCUT2D eigenvalue weighted by Crippen LogP contribution is 2.29. The lowest BCUT2D eigenvalue weighted by Gasteiger charge is -2.29. The molecule has 2 N–H and O–H groups in total. The van der Waals surface area contributed by atoms with Gasteiger partial charge in [-0.05, 0) is 37.5 Å². The molecule has 1 aromatic rings. The normalized spacial score (nSPS) is 20.8. The average Bonchev–Trinajstić information content (AvgIpc) is 3.06. The van der Waals surface area contributed by atoms with E-state index in [1.54, 1.807) is 6.07 Å². The smallest absolute Gasteiger partial charge is 0.239 e. The Bertz CT molecular complexity index is 617. The zero-order valence-corrected chi connectivity index (χ0v) is 14.3. The van der Waals surface area contributed by atoms with Crippen LogP contribution in [-0.2, 0) is 14.3 Å². The highest BCUT2D eigenvalue weighted by atomic mass is 35.5. The molecule has 0 bridgehead atoms. The molecule has 0 aliphatic carbocycles. The van der Waals surface area contributed by atoms with Gasteiger partial charge in [0.05, 0.1) is 23.4 Å². The number of benzene rings is 1. The van der Waals surface area contributed by atoms with Gasteiger partial charge in [0.1, 0.15) is 0 Å². The van der Waals surface area contributed by atoms with Gasteiger partial charge >= 0.3 is 0 Å². The van der Waals surface area contributed by atoms with Gasteiger partial charge in [0, 0.05) is 31.8 Å². The number of carbonyl (C=O) groups excluding carboxylic acids is 2. The molecule has 0 radical (unpaired) electrons. The number of hydrogen-bond acceptors (Lipinski definition) is 4. The van der Waals surface area contributed by atoms with E-state index < -0.39 is 0 Å². The predicted molar refractivity (Wildman–Crippen MR) is 93.5 cm³/mol. The largest absolute Gasteiger partial charge is 0.378 e. The Balaban J connectivity index is 1.55. The van der Waals surface area contributed by atoms with Crippen molar-refractivity contribution in [3.63, 3.8) is 0 Å². The molecule has 2 aliphatic rings. The van der Waals surface area contributed by atoms with Gasteiger partial charge in [0.2, 0.25) is 11.8 Å². The maximum atomic E-state index is 12.0. The Kier molecular flexibility index (Phi) is 5.58.